The molecule has 0 saturated carbocycles. The molecule has 0 aromatic carbocycles. The molecule has 0 bridgehead atoms. The molecule has 1 aliphatic rings. The second-order valence-corrected chi connectivity index (χ2v) is 3.90. The number of carboxylic acid groups (broad SMARTS) is 1. The van der Waals surface area contributed by atoms with Crippen LogP contribution in [0.5, 0.6) is 0 Å². The molecule has 2 rings (SSSR count). The topological polar surface area (TPSA) is 55.1 Å². The lowest BCUT2D eigenvalue weighted by Crippen LogP contribution is -2.13. The molecular weight excluding hydrogens is 180 g/mol. The second-order valence-electron chi connectivity index (χ2n) is 3.90. The van der Waals surface area contributed by atoms with Gasteiger partial charge in [0.25, 0.3) is 0 Å². The highest BCUT2D eigenvalue weighted by molar-refractivity contribution is 5.68. The number of aliphatic carboxylic acids is 1. The summed E-state index contributed by atoms with van der Waals surface area (Å²) < 4.78 is 1.78. The standard InChI is InChI=1S/C10H14N2O2/c1-12-6-8-4-2-3-7(5-9(13)14)10(8)11-12/h6-7H,2-5H2,1H3,(H,13,14). The fourth-order valence-corrected chi connectivity index (χ4v) is 2.18. The van der Waals surface area contributed by atoms with E-state index >= 15 is 0 Å². The SMILES string of the molecule is Cn1cc2c(n1)C(CC(=O)O)CCC2. The quantitative estimate of drug-likeness (QED) is 0.772. The van der Waals surface area contributed by atoms with Gasteiger partial charge in [-0.2, -0.15) is 5.10 Å². The number of fused-ring (bicyclic) bond motifs is 1. The van der Waals surface area contributed by atoms with Gasteiger partial charge in [-0.3, -0.25) is 9.48 Å². The first-order valence-corrected chi connectivity index (χ1v) is 4.91. The first-order chi connectivity index (χ1) is 6.66. The van der Waals surface area contributed by atoms with Crippen molar-refractivity contribution in [3.05, 3.63) is 17.5 Å². The van der Waals surface area contributed by atoms with Gasteiger partial charge in [-0.05, 0) is 24.8 Å². The highest BCUT2D eigenvalue weighted by atomic mass is 16.4. The zero-order valence-corrected chi connectivity index (χ0v) is 8.23. The highest BCUT2D eigenvalue weighted by Crippen LogP contribution is 2.32. The summed E-state index contributed by atoms with van der Waals surface area (Å²) in [5.74, 6) is -0.606. The summed E-state index contributed by atoms with van der Waals surface area (Å²) in [5.41, 5.74) is 2.23. The molecule has 0 radical (unpaired) electrons. The largest absolute Gasteiger partial charge is 0.481 e. The zero-order valence-electron chi connectivity index (χ0n) is 8.23. The van der Waals surface area contributed by atoms with Gasteiger partial charge in [0.05, 0.1) is 12.1 Å². The van der Waals surface area contributed by atoms with Crippen molar-refractivity contribution in [1.82, 2.24) is 9.78 Å². The Labute approximate surface area is 82.5 Å². The van der Waals surface area contributed by atoms with Crippen molar-refractivity contribution in [2.75, 3.05) is 0 Å². The fourth-order valence-electron chi connectivity index (χ4n) is 2.18. The van der Waals surface area contributed by atoms with E-state index in [1.54, 1.807) is 4.68 Å². The Morgan fingerprint density at radius 1 is 1.79 bits per heavy atom. The van der Waals surface area contributed by atoms with E-state index in [0.29, 0.717) is 0 Å². The van der Waals surface area contributed by atoms with Crippen LogP contribution >= 0.6 is 0 Å². The van der Waals surface area contributed by atoms with E-state index in [2.05, 4.69) is 5.10 Å². The fraction of sp³-hybridized carbons (Fsp3) is 0.600. The second kappa shape index (κ2) is 3.44. The monoisotopic (exact) mass is 194 g/mol. The number of hydrogen-bond acceptors (Lipinski definition) is 2. The van der Waals surface area contributed by atoms with Crippen molar-refractivity contribution >= 4 is 5.97 Å². The minimum Gasteiger partial charge on any atom is -0.481 e. The summed E-state index contributed by atoms with van der Waals surface area (Å²) in [7, 11) is 1.89. The molecule has 4 heteroatoms. The Bertz CT molecular complexity index is 357. The van der Waals surface area contributed by atoms with Crippen molar-refractivity contribution in [2.24, 2.45) is 7.05 Å². The number of aromatic nitrogens is 2. The molecule has 1 heterocycles. The van der Waals surface area contributed by atoms with Crippen LogP contribution in [0, 0.1) is 0 Å². The Morgan fingerprint density at radius 3 is 3.29 bits per heavy atom. The van der Waals surface area contributed by atoms with E-state index in [4.69, 9.17) is 5.11 Å². The number of carboxylic acids is 1. The number of aryl methyl sites for hydroxylation is 2. The van der Waals surface area contributed by atoms with Gasteiger partial charge in [-0.1, -0.05) is 0 Å². The lowest BCUT2D eigenvalue weighted by Gasteiger charge is -2.18. The van der Waals surface area contributed by atoms with E-state index < -0.39 is 5.97 Å². The Kier molecular flexibility index (Phi) is 2.27. The van der Waals surface area contributed by atoms with Crippen LogP contribution in [0.1, 0.15) is 36.4 Å². The number of carbonyl (C=O) groups is 1. The summed E-state index contributed by atoms with van der Waals surface area (Å²) in [6.45, 7) is 0. The molecule has 1 atom stereocenters. The molecule has 1 aromatic rings. The molecule has 0 aliphatic heterocycles. The lowest BCUT2D eigenvalue weighted by atomic mass is 9.86. The first kappa shape index (κ1) is 9.24. The van der Waals surface area contributed by atoms with Crippen LogP contribution < -0.4 is 0 Å². The van der Waals surface area contributed by atoms with Gasteiger partial charge in [0, 0.05) is 19.2 Å². The number of hydrogen-bond donors (Lipinski definition) is 1. The molecule has 14 heavy (non-hydrogen) atoms. The normalized spacial score (nSPS) is 20.5. The van der Waals surface area contributed by atoms with Gasteiger partial charge in [0.2, 0.25) is 0 Å². The molecule has 0 saturated heterocycles. The minimum atomic E-state index is -0.728. The molecular formula is C10H14N2O2. The van der Waals surface area contributed by atoms with Crippen molar-refractivity contribution in [3.8, 4) is 0 Å². The van der Waals surface area contributed by atoms with E-state index in [1.807, 2.05) is 13.2 Å². The maximum Gasteiger partial charge on any atom is 0.304 e. The average molecular weight is 194 g/mol. The predicted octanol–water partition coefficient (Wildman–Crippen LogP) is 1.31. The van der Waals surface area contributed by atoms with Crippen LogP contribution in [0.2, 0.25) is 0 Å². The third-order valence-electron chi connectivity index (χ3n) is 2.74. The van der Waals surface area contributed by atoms with Gasteiger partial charge >= 0.3 is 5.97 Å². The molecule has 0 spiro atoms. The maximum absolute atomic E-state index is 10.6. The molecule has 4 nitrogen and oxygen atoms in total. The first-order valence-electron chi connectivity index (χ1n) is 4.91. The van der Waals surface area contributed by atoms with Gasteiger partial charge in [0.15, 0.2) is 0 Å². The van der Waals surface area contributed by atoms with Gasteiger partial charge < -0.3 is 5.11 Å². The third-order valence-corrected chi connectivity index (χ3v) is 2.74. The van der Waals surface area contributed by atoms with Crippen molar-refractivity contribution < 1.29 is 9.90 Å². The Balaban J connectivity index is 2.25. The average Bonchev–Trinajstić information content (AvgIpc) is 2.45. The van der Waals surface area contributed by atoms with E-state index in [0.717, 1.165) is 25.0 Å². The summed E-state index contributed by atoms with van der Waals surface area (Å²) in [6, 6.07) is 0. The summed E-state index contributed by atoms with van der Waals surface area (Å²) in [6.07, 6.45) is 5.29. The molecule has 0 fully saturated rings. The van der Waals surface area contributed by atoms with Crippen LogP contribution in [0.3, 0.4) is 0 Å². The van der Waals surface area contributed by atoms with Crippen LogP contribution in [0.4, 0.5) is 0 Å². The summed E-state index contributed by atoms with van der Waals surface area (Å²) in [4.78, 5) is 10.6. The lowest BCUT2D eigenvalue weighted by molar-refractivity contribution is -0.137. The zero-order chi connectivity index (χ0) is 10.1. The van der Waals surface area contributed by atoms with E-state index in [9.17, 15) is 4.79 Å². The van der Waals surface area contributed by atoms with E-state index in [-0.39, 0.29) is 12.3 Å². The molecule has 1 aromatic heterocycles. The highest BCUT2D eigenvalue weighted by Gasteiger charge is 2.25. The van der Waals surface area contributed by atoms with E-state index in [1.165, 1.54) is 5.56 Å². The van der Waals surface area contributed by atoms with Crippen LogP contribution in [0.25, 0.3) is 0 Å². The molecule has 76 valence electrons. The maximum atomic E-state index is 10.6. The predicted molar refractivity (Wildman–Crippen MR) is 51.1 cm³/mol. The van der Waals surface area contributed by atoms with Crippen LogP contribution in [0.15, 0.2) is 6.20 Å². The smallest absolute Gasteiger partial charge is 0.304 e. The van der Waals surface area contributed by atoms with Gasteiger partial charge in [-0.15, -0.1) is 0 Å². The van der Waals surface area contributed by atoms with Crippen molar-refractivity contribution in [3.63, 3.8) is 0 Å². The molecule has 0 amide bonds. The molecule has 1 N–H and O–H groups in total. The number of rotatable bonds is 2. The van der Waals surface area contributed by atoms with Crippen molar-refractivity contribution in [1.29, 1.82) is 0 Å². The van der Waals surface area contributed by atoms with Gasteiger partial charge in [0.1, 0.15) is 0 Å². The minimum absolute atomic E-state index is 0.123. The molecule has 1 unspecified atom stereocenters. The van der Waals surface area contributed by atoms with Crippen LogP contribution in [-0.2, 0) is 18.3 Å². The Morgan fingerprint density at radius 2 is 2.57 bits per heavy atom. The number of nitrogens with zero attached hydrogens (tertiary/aromatic N) is 2. The van der Waals surface area contributed by atoms with Crippen molar-refractivity contribution in [2.45, 2.75) is 31.6 Å². The molecule has 1 aliphatic carbocycles. The van der Waals surface area contributed by atoms with Crippen LogP contribution in [-0.4, -0.2) is 20.9 Å². The summed E-state index contributed by atoms with van der Waals surface area (Å²) >= 11 is 0. The third kappa shape index (κ3) is 1.64. The summed E-state index contributed by atoms with van der Waals surface area (Å²) in [5, 5.41) is 13.1. The van der Waals surface area contributed by atoms with Gasteiger partial charge in [-0.25, -0.2) is 0 Å². The Hall–Kier alpha value is -1.32.